The number of carboxylic acids is 1. The van der Waals surface area contributed by atoms with Crippen LogP contribution in [0.2, 0.25) is 0 Å². The van der Waals surface area contributed by atoms with Crippen molar-refractivity contribution in [3.05, 3.63) is 46.9 Å². The Bertz CT molecular complexity index is 1260. The zero-order valence-corrected chi connectivity index (χ0v) is 24.2. The van der Waals surface area contributed by atoms with Crippen molar-refractivity contribution in [3.63, 3.8) is 0 Å². The Labute approximate surface area is 241 Å². The number of ether oxygens (including phenoxy) is 1. The Morgan fingerprint density at radius 2 is 1.80 bits per heavy atom. The number of alkyl halides is 3. The molecule has 0 spiro atoms. The van der Waals surface area contributed by atoms with E-state index in [4.69, 9.17) is 4.74 Å². The Kier molecular flexibility index (Phi) is 9.84. The largest absolute Gasteiger partial charge is 0.478 e. The molecule has 0 radical (unpaired) electrons. The van der Waals surface area contributed by atoms with Crippen LogP contribution in [0.3, 0.4) is 0 Å². The zero-order valence-electron chi connectivity index (χ0n) is 23.3. The first-order valence-electron chi connectivity index (χ1n) is 13.8. The topological polar surface area (TPSA) is 83.0 Å². The van der Waals surface area contributed by atoms with E-state index in [0.29, 0.717) is 24.3 Å². The average molecular weight is 598 g/mol. The summed E-state index contributed by atoms with van der Waals surface area (Å²) in [7, 11) is 0. The van der Waals surface area contributed by atoms with Crippen LogP contribution in [0.5, 0.6) is 11.6 Å². The number of hydrogen-bond donors (Lipinski definition) is 1. The minimum absolute atomic E-state index is 0.167. The number of benzene rings is 1. The van der Waals surface area contributed by atoms with Gasteiger partial charge in [0.2, 0.25) is 11.8 Å². The molecule has 1 aromatic heterocycles. The second-order valence-corrected chi connectivity index (χ2v) is 12.3. The normalized spacial score (nSPS) is 20.2. The van der Waals surface area contributed by atoms with Crippen LogP contribution in [-0.2, 0) is 17.5 Å². The minimum atomic E-state index is -4.85. The number of anilines is 1. The quantitative estimate of drug-likeness (QED) is 0.334. The van der Waals surface area contributed by atoms with Crippen molar-refractivity contribution < 1.29 is 37.0 Å². The van der Waals surface area contributed by atoms with Crippen molar-refractivity contribution in [1.29, 1.82) is 0 Å². The van der Waals surface area contributed by atoms with Gasteiger partial charge in [-0.15, -0.1) is 0 Å². The van der Waals surface area contributed by atoms with Crippen molar-refractivity contribution in [2.45, 2.75) is 65.2 Å². The van der Waals surface area contributed by atoms with Crippen LogP contribution in [0, 0.1) is 17.7 Å². The molecule has 7 nitrogen and oxygen atoms in total. The standard InChI is InChI=1S/C29H35F4N3O4S/c1-17(2)36(27(37)20-6-4-18(3)5-7-20)24-14-23(30)25(13-21(24)28(38)39)40-26-22(29(31,32)33)12-19(15-34-26)16-35-8-10-41-11-9-35/h12-15,17-18,20H,4-11,16H2,1-3H3,(H,38,39). The van der Waals surface area contributed by atoms with Crippen LogP contribution in [0.15, 0.2) is 24.4 Å². The third kappa shape index (κ3) is 7.51. The monoisotopic (exact) mass is 597 g/mol. The zero-order chi connectivity index (χ0) is 29.9. The smallest absolute Gasteiger partial charge is 0.421 e. The Morgan fingerprint density at radius 1 is 1.15 bits per heavy atom. The molecule has 0 atom stereocenters. The molecule has 1 aromatic carbocycles. The lowest BCUT2D eigenvalue weighted by molar-refractivity contribution is -0.139. The summed E-state index contributed by atoms with van der Waals surface area (Å²) < 4.78 is 62.7. The molecule has 1 saturated carbocycles. The molecule has 2 heterocycles. The average Bonchev–Trinajstić information content (AvgIpc) is 2.91. The Morgan fingerprint density at radius 3 is 2.39 bits per heavy atom. The fourth-order valence-electron chi connectivity index (χ4n) is 5.33. The van der Waals surface area contributed by atoms with Gasteiger partial charge in [-0.25, -0.2) is 14.2 Å². The molecular formula is C29H35F4N3O4S. The van der Waals surface area contributed by atoms with Crippen LogP contribution in [0.25, 0.3) is 0 Å². The number of halogens is 4. The fourth-order valence-corrected chi connectivity index (χ4v) is 6.31. The molecule has 12 heteroatoms. The summed E-state index contributed by atoms with van der Waals surface area (Å²) in [5.74, 6) is -2.54. The first-order chi connectivity index (χ1) is 19.3. The predicted molar refractivity (Wildman–Crippen MR) is 149 cm³/mol. The molecular weight excluding hydrogens is 562 g/mol. The van der Waals surface area contributed by atoms with Crippen LogP contribution in [-0.4, -0.2) is 57.5 Å². The highest BCUT2D eigenvalue weighted by molar-refractivity contribution is 7.99. The molecule has 224 valence electrons. The number of amides is 1. The highest BCUT2D eigenvalue weighted by atomic mass is 32.2. The first kappa shape index (κ1) is 31.1. The molecule has 0 bridgehead atoms. The number of aromatic carboxylic acids is 1. The van der Waals surface area contributed by atoms with Gasteiger partial charge in [-0.2, -0.15) is 24.9 Å². The highest BCUT2D eigenvalue weighted by Gasteiger charge is 2.37. The summed E-state index contributed by atoms with van der Waals surface area (Å²) in [6.45, 7) is 7.27. The van der Waals surface area contributed by atoms with Crippen LogP contribution in [0.1, 0.15) is 67.9 Å². The maximum Gasteiger partial charge on any atom is 0.421 e. The second-order valence-electron chi connectivity index (χ2n) is 11.0. The van der Waals surface area contributed by atoms with Gasteiger partial charge >= 0.3 is 12.1 Å². The number of rotatable bonds is 8. The number of carbonyl (C=O) groups is 2. The Balaban J connectivity index is 1.66. The summed E-state index contributed by atoms with van der Waals surface area (Å²) in [4.78, 5) is 32.9. The lowest BCUT2D eigenvalue weighted by atomic mass is 9.82. The lowest BCUT2D eigenvalue weighted by Gasteiger charge is -2.34. The fraction of sp³-hybridized carbons (Fsp3) is 0.552. The number of thioether (sulfide) groups is 1. The van der Waals surface area contributed by atoms with Crippen molar-refractivity contribution in [1.82, 2.24) is 9.88 Å². The molecule has 41 heavy (non-hydrogen) atoms. The van der Waals surface area contributed by atoms with E-state index >= 15 is 4.39 Å². The molecule has 2 aromatic rings. The van der Waals surface area contributed by atoms with Crippen molar-refractivity contribution in [3.8, 4) is 11.6 Å². The number of aromatic nitrogens is 1. The van der Waals surface area contributed by atoms with Crippen LogP contribution < -0.4 is 9.64 Å². The van der Waals surface area contributed by atoms with E-state index in [0.717, 1.165) is 55.6 Å². The summed E-state index contributed by atoms with van der Waals surface area (Å²) in [6, 6.07) is 2.10. The second kappa shape index (κ2) is 13.0. The third-order valence-electron chi connectivity index (χ3n) is 7.59. The van der Waals surface area contributed by atoms with Gasteiger partial charge in [0.1, 0.15) is 5.56 Å². The number of carboxylic acid groups (broad SMARTS) is 1. The molecule has 1 aliphatic heterocycles. The van der Waals surface area contributed by atoms with E-state index in [1.54, 1.807) is 25.6 Å². The Hall–Kier alpha value is -2.86. The SMILES string of the molecule is CC1CCC(C(=O)N(c2cc(F)c(Oc3ncc(CN4CCSCC4)cc3C(F)(F)F)cc2C(=O)O)C(C)C)CC1. The third-order valence-corrected chi connectivity index (χ3v) is 8.53. The van der Waals surface area contributed by atoms with E-state index in [9.17, 15) is 27.9 Å². The predicted octanol–water partition coefficient (Wildman–Crippen LogP) is 6.85. The molecule has 2 fully saturated rings. The van der Waals surface area contributed by atoms with Gasteiger partial charge in [0.25, 0.3) is 0 Å². The van der Waals surface area contributed by atoms with E-state index in [1.807, 2.05) is 4.90 Å². The van der Waals surface area contributed by atoms with E-state index < -0.39 is 46.8 Å². The van der Waals surface area contributed by atoms with Crippen molar-refractivity contribution in [2.24, 2.45) is 11.8 Å². The molecule has 1 aliphatic carbocycles. The lowest BCUT2D eigenvalue weighted by Crippen LogP contribution is -2.43. The van der Waals surface area contributed by atoms with Crippen molar-refractivity contribution in [2.75, 3.05) is 29.5 Å². The molecule has 1 amide bonds. The van der Waals surface area contributed by atoms with Crippen molar-refractivity contribution >= 4 is 29.3 Å². The highest BCUT2D eigenvalue weighted by Crippen LogP contribution is 2.40. The summed E-state index contributed by atoms with van der Waals surface area (Å²) in [5.41, 5.74) is -1.48. The minimum Gasteiger partial charge on any atom is -0.478 e. The molecule has 0 unspecified atom stereocenters. The van der Waals surface area contributed by atoms with Gasteiger partial charge in [0, 0.05) is 61.4 Å². The summed E-state index contributed by atoms with van der Waals surface area (Å²) in [5, 5.41) is 9.96. The van der Waals surface area contributed by atoms with Gasteiger partial charge in [-0.3, -0.25) is 9.69 Å². The van der Waals surface area contributed by atoms with Gasteiger partial charge < -0.3 is 14.7 Å². The molecule has 4 rings (SSSR count). The molecule has 1 N–H and O–H groups in total. The maximum atomic E-state index is 15.4. The van der Waals surface area contributed by atoms with E-state index in [1.165, 1.54) is 11.1 Å². The number of hydrogen-bond acceptors (Lipinski definition) is 6. The van der Waals surface area contributed by atoms with Crippen LogP contribution in [0.4, 0.5) is 23.2 Å². The van der Waals surface area contributed by atoms with E-state index in [-0.39, 0.29) is 24.1 Å². The number of carbonyl (C=O) groups excluding carboxylic acids is 1. The number of pyridine rings is 1. The summed E-state index contributed by atoms with van der Waals surface area (Å²) >= 11 is 1.78. The van der Waals surface area contributed by atoms with Gasteiger partial charge in [-0.1, -0.05) is 6.92 Å². The van der Waals surface area contributed by atoms with E-state index in [2.05, 4.69) is 11.9 Å². The maximum absolute atomic E-state index is 15.4. The molecule has 1 saturated heterocycles. The van der Waals surface area contributed by atoms with Crippen LogP contribution >= 0.6 is 11.8 Å². The molecule has 2 aliphatic rings. The van der Waals surface area contributed by atoms with Gasteiger partial charge in [-0.05, 0) is 57.1 Å². The first-order valence-corrected chi connectivity index (χ1v) is 14.9. The van der Waals surface area contributed by atoms with Gasteiger partial charge in [0.15, 0.2) is 11.6 Å². The number of nitrogens with zero attached hydrogens (tertiary/aromatic N) is 3. The summed E-state index contributed by atoms with van der Waals surface area (Å²) in [6.07, 6.45) is -0.581. The van der Waals surface area contributed by atoms with Gasteiger partial charge in [0.05, 0.1) is 11.3 Å².